The largest absolute Gasteiger partial charge is 0.243 e. The van der Waals surface area contributed by atoms with Gasteiger partial charge in [0.2, 0.25) is 10.0 Å². The molecule has 0 heterocycles. The third-order valence-electron chi connectivity index (χ3n) is 4.51. The molecular weight excluding hydrogens is 282 g/mol. The summed E-state index contributed by atoms with van der Waals surface area (Å²) in [6, 6.07) is 7.61. The Morgan fingerprint density at radius 1 is 1.10 bits per heavy atom. The van der Waals surface area contributed by atoms with Gasteiger partial charge in [0, 0.05) is 13.1 Å². The normalized spacial score (nSPS) is 17.3. The first-order valence-electron chi connectivity index (χ1n) is 8.12. The molecule has 0 aromatic heterocycles. The van der Waals surface area contributed by atoms with E-state index in [9.17, 15) is 8.42 Å². The number of aryl methyl sites for hydroxylation is 1. The van der Waals surface area contributed by atoms with Crippen molar-refractivity contribution in [2.75, 3.05) is 7.05 Å². The molecule has 0 bridgehead atoms. The minimum absolute atomic E-state index is 0.170. The molecule has 0 aliphatic heterocycles. The number of benzene rings is 1. The van der Waals surface area contributed by atoms with Gasteiger partial charge in [-0.15, -0.1) is 0 Å². The number of nitrogens with zero attached hydrogens (tertiary/aromatic N) is 1. The maximum absolute atomic E-state index is 12.7. The highest BCUT2D eigenvalue weighted by Crippen LogP contribution is 2.26. The lowest BCUT2D eigenvalue weighted by molar-refractivity contribution is 0.286. The molecule has 1 aliphatic carbocycles. The van der Waals surface area contributed by atoms with E-state index in [1.54, 1.807) is 23.5 Å². The molecule has 21 heavy (non-hydrogen) atoms. The Hall–Kier alpha value is -0.870. The van der Waals surface area contributed by atoms with Crippen molar-refractivity contribution in [3.8, 4) is 0 Å². The van der Waals surface area contributed by atoms with E-state index in [1.165, 1.54) is 12.0 Å². The highest BCUT2D eigenvalue weighted by molar-refractivity contribution is 7.89. The Kier molecular flexibility index (Phi) is 5.82. The van der Waals surface area contributed by atoms with E-state index in [-0.39, 0.29) is 6.04 Å². The maximum atomic E-state index is 12.7. The van der Waals surface area contributed by atoms with Crippen LogP contribution in [0.1, 0.15) is 57.4 Å². The molecule has 0 radical (unpaired) electrons. The number of hydrogen-bond donors (Lipinski definition) is 0. The van der Waals surface area contributed by atoms with Crippen LogP contribution in [-0.2, 0) is 16.4 Å². The predicted molar refractivity (Wildman–Crippen MR) is 86.9 cm³/mol. The van der Waals surface area contributed by atoms with Gasteiger partial charge in [-0.05, 0) is 43.4 Å². The Balaban J connectivity index is 2.10. The van der Waals surface area contributed by atoms with E-state index in [0.29, 0.717) is 4.90 Å². The predicted octanol–water partition coefficient (Wildman–Crippen LogP) is 3.98. The van der Waals surface area contributed by atoms with Crippen LogP contribution in [0.5, 0.6) is 0 Å². The van der Waals surface area contributed by atoms with Crippen molar-refractivity contribution in [1.82, 2.24) is 4.31 Å². The summed E-state index contributed by atoms with van der Waals surface area (Å²) in [5.41, 5.74) is 1.22. The van der Waals surface area contributed by atoms with Gasteiger partial charge in [0.25, 0.3) is 0 Å². The summed E-state index contributed by atoms with van der Waals surface area (Å²) < 4.78 is 27.0. The highest BCUT2D eigenvalue weighted by atomic mass is 32.2. The zero-order valence-electron chi connectivity index (χ0n) is 13.2. The quantitative estimate of drug-likeness (QED) is 0.797. The number of hydrogen-bond acceptors (Lipinski definition) is 2. The average molecular weight is 309 g/mol. The number of sulfonamides is 1. The van der Waals surface area contributed by atoms with Gasteiger partial charge < -0.3 is 0 Å². The Morgan fingerprint density at radius 2 is 1.71 bits per heavy atom. The molecule has 4 heteroatoms. The van der Waals surface area contributed by atoms with Gasteiger partial charge in [-0.1, -0.05) is 44.7 Å². The molecule has 0 unspecified atom stereocenters. The highest BCUT2D eigenvalue weighted by Gasteiger charge is 2.28. The smallest absolute Gasteiger partial charge is 0.207 e. The summed E-state index contributed by atoms with van der Waals surface area (Å²) in [5, 5.41) is 0. The lowest BCUT2D eigenvalue weighted by Gasteiger charge is -2.30. The first kappa shape index (κ1) is 16.5. The lowest BCUT2D eigenvalue weighted by atomic mass is 9.96. The van der Waals surface area contributed by atoms with Gasteiger partial charge in [0.1, 0.15) is 0 Å². The molecule has 0 atom stereocenters. The van der Waals surface area contributed by atoms with Crippen LogP contribution in [0.15, 0.2) is 29.2 Å². The van der Waals surface area contributed by atoms with Gasteiger partial charge in [-0.25, -0.2) is 8.42 Å². The molecular formula is C17H27NO2S. The molecule has 0 saturated heterocycles. The molecule has 1 aromatic carbocycles. The Labute approximate surface area is 129 Å². The van der Waals surface area contributed by atoms with Crippen molar-refractivity contribution >= 4 is 10.0 Å². The molecule has 1 aromatic rings. The molecule has 0 amide bonds. The van der Waals surface area contributed by atoms with Crippen LogP contribution in [0.4, 0.5) is 0 Å². The van der Waals surface area contributed by atoms with Crippen molar-refractivity contribution in [2.24, 2.45) is 0 Å². The van der Waals surface area contributed by atoms with Crippen LogP contribution in [0.2, 0.25) is 0 Å². The molecule has 1 fully saturated rings. The zero-order valence-corrected chi connectivity index (χ0v) is 14.0. The SMILES string of the molecule is CCCCc1ccc(S(=O)(=O)N(C)C2CCCCC2)cc1. The summed E-state index contributed by atoms with van der Waals surface area (Å²) >= 11 is 0. The van der Waals surface area contributed by atoms with E-state index < -0.39 is 10.0 Å². The lowest BCUT2D eigenvalue weighted by Crippen LogP contribution is -2.38. The van der Waals surface area contributed by atoms with Gasteiger partial charge in [0.05, 0.1) is 4.90 Å². The van der Waals surface area contributed by atoms with Crippen molar-refractivity contribution in [3.63, 3.8) is 0 Å². The van der Waals surface area contributed by atoms with Gasteiger partial charge in [-0.3, -0.25) is 0 Å². The molecule has 0 N–H and O–H groups in total. The third kappa shape index (κ3) is 4.07. The maximum Gasteiger partial charge on any atom is 0.243 e. The van der Waals surface area contributed by atoms with Crippen molar-refractivity contribution in [1.29, 1.82) is 0 Å². The average Bonchev–Trinajstić information content (AvgIpc) is 2.53. The Morgan fingerprint density at radius 3 is 2.29 bits per heavy atom. The molecule has 1 saturated carbocycles. The van der Waals surface area contributed by atoms with E-state index in [0.717, 1.165) is 44.9 Å². The molecule has 1 aliphatic rings. The first-order chi connectivity index (χ1) is 10.1. The third-order valence-corrected chi connectivity index (χ3v) is 6.43. The summed E-state index contributed by atoms with van der Waals surface area (Å²) in [4.78, 5) is 0.427. The van der Waals surface area contributed by atoms with Crippen molar-refractivity contribution < 1.29 is 8.42 Å². The monoisotopic (exact) mass is 309 g/mol. The molecule has 118 valence electrons. The fourth-order valence-corrected chi connectivity index (χ4v) is 4.43. The summed E-state index contributed by atoms with van der Waals surface area (Å²) in [6.45, 7) is 2.16. The summed E-state index contributed by atoms with van der Waals surface area (Å²) in [5.74, 6) is 0. The van der Waals surface area contributed by atoms with E-state index in [1.807, 2.05) is 12.1 Å². The van der Waals surface area contributed by atoms with E-state index in [2.05, 4.69) is 6.92 Å². The fraction of sp³-hybridized carbons (Fsp3) is 0.647. The van der Waals surface area contributed by atoms with Gasteiger partial charge in [0.15, 0.2) is 0 Å². The standard InChI is InChI=1S/C17H27NO2S/c1-3-4-8-15-11-13-17(14-12-15)21(19,20)18(2)16-9-6-5-7-10-16/h11-14,16H,3-10H2,1-2H3. The molecule has 0 spiro atoms. The van der Waals surface area contributed by atoms with Crippen LogP contribution >= 0.6 is 0 Å². The van der Waals surface area contributed by atoms with Gasteiger partial charge in [-0.2, -0.15) is 4.31 Å². The number of rotatable bonds is 6. The Bertz CT molecular complexity index is 530. The minimum atomic E-state index is -3.34. The fourth-order valence-electron chi connectivity index (χ4n) is 3.02. The van der Waals surface area contributed by atoms with E-state index >= 15 is 0 Å². The second-order valence-electron chi connectivity index (χ2n) is 6.06. The first-order valence-corrected chi connectivity index (χ1v) is 9.56. The van der Waals surface area contributed by atoms with Crippen LogP contribution in [0.25, 0.3) is 0 Å². The molecule has 2 rings (SSSR count). The van der Waals surface area contributed by atoms with Crippen LogP contribution in [0.3, 0.4) is 0 Å². The van der Waals surface area contributed by atoms with Crippen LogP contribution < -0.4 is 0 Å². The number of unbranched alkanes of at least 4 members (excludes halogenated alkanes) is 1. The van der Waals surface area contributed by atoms with Gasteiger partial charge >= 0.3 is 0 Å². The summed E-state index contributed by atoms with van der Waals surface area (Å²) in [6.07, 6.45) is 8.82. The summed E-state index contributed by atoms with van der Waals surface area (Å²) in [7, 11) is -1.61. The topological polar surface area (TPSA) is 37.4 Å². The van der Waals surface area contributed by atoms with Crippen molar-refractivity contribution in [3.05, 3.63) is 29.8 Å². The second kappa shape index (κ2) is 7.41. The van der Waals surface area contributed by atoms with Crippen LogP contribution in [-0.4, -0.2) is 25.8 Å². The zero-order chi connectivity index (χ0) is 15.3. The minimum Gasteiger partial charge on any atom is -0.207 e. The second-order valence-corrected chi connectivity index (χ2v) is 8.06. The van der Waals surface area contributed by atoms with Crippen molar-refractivity contribution in [2.45, 2.75) is 69.2 Å². The van der Waals surface area contributed by atoms with E-state index in [4.69, 9.17) is 0 Å². The molecule has 3 nitrogen and oxygen atoms in total. The van der Waals surface area contributed by atoms with Crippen LogP contribution in [0, 0.1) is 0 Å².